The van der Waals surface area contributed by atoms with Crippen molar-refractivity contribution in [1.29, 1.82) is 0 Å². The molecule has 4 radical (unpaired) electrons. The van der Waals surface area contributed by atoms with Crippen LogP contribution in [0.4, 0.5) is 9.59 Å². The third-order valence-corrected chi connectivity index (χ3v) is 23.9. The molecule has 24 nitrogen and oxygen atoms in total. The molecule has 0 aromatic rings. The van der Waals surface area contributed by atoms with Crippen molar-refractivity contribution in [3.05, 3.63) is 47.0 Å². The molecule has 8 atom stereocenters. The van der Waals surface area contributed by atoms with Gasteiger partial charge in [-0.2, -0.15) is 55.4 Å². The Morgan fingerprint density at radius 3 is 0.662 bits per heavy atom. The minimum Gasteiger partial charge on any atom is -0.662 e. The fourth-order valence-electron chi connectivity index (χ4n) is 14.5. The Kier molecular flexibility index (Phi) is 98.8. The van der Waals surface area contributed by atoms with Gasteiger partial charge < -0.3 is 105 Å². The molecule has 760 valence electrons. The van der Waals surface area contributed by atoms with E-state index in [-0.39, 0.29) is 202 Å². The summed E-state index contributed by atoms with van der Waals surface area (Å²) in [6.45, 7) is 92.4. The van der Waals surface area contributed by atoms with E-state index >= 15 is 0 Å². The van der Waals surface area contributed by atoms with E-state index in [2.05, 4.69) is 132 Å². The molecule has 0 bridgehead atoms. The maximum Gasteiger partial charge on any atom is 0.409 e. The smallest absolute Gasteiger partial charge is 0.409 e. The first kappa shape index (κ1) is 145. The van der Waals surface area contributed by atoms with Crippen molar-refractivity contribution >= 4 is 47.6 Å². The van der Waals surface area contributed by atoms with E-state index in [1.807, 2.05) is 166 Å². The average Bonchev–Trinajstić information content (AvgIpc) is 1.73. The molecule has 0 N–H and O–H groups in total. The average molecular weight is 2140 g/mol. The Labute approximate surface area is 902 Å². The largest absolute Gasteiger partial charge is 0.662 e. The molecule has 8 heterocycles. The normalized spacial score (nSPS) is 21.3. The van der Waals surface area contributed by atoms with Crippen LogP contribution >= 0.6 is 0 Å². The Balaban J connectivity index is -0.000000216. The van der Waals surface area contributed by atoms with Gasteiger partial charge in [-0.1, -0.05) is 217 Å². The molecule has 130 heavy (non-hydrogen) atoms. The van der Waals surface area contributed by atoms with Crippen LogP contribution in [0.2, 0.25) is 0 Å². The van der Waals surface area contributed by atoms with Crippen LogP contribution in [0.3, 0.4) is 0 Å². The number of ether oxygens (including phenoxy) is 4. The van der Waals surface area contributed by atoms with Gasteiger partial charge >= 0.3 is 12.2 Å². The van der Waals surface area contributed by atoms with Gasteiger partial charge in [0.1, 0.15) is 0 Å². The SMILES string of the molecule is CC(=O)N1CCN(C(=O)C(C)C)C[C@@H](C(C)C)C1.CC(=O)N1CCN(C(=O)C(C)C)C[C@H](C(C)C)C1.CC(C)[C@@H]1CCCC[N-]C1.CC(C)[C@@H]1C[N-]CCOC1.CC(C)[C@H]1CCCC[N-]C1.CC(C)[C@H]1C[N-]CCOC1.COC(=O)N1CCN(C(=O)C(C)C)C[C@@H](C(C)C)C1.COC(=O)N1CCN(C(=O)C(C)C)C[C@H](C(C)C)C1.C[CH-]C.C[CH-]C.C[CH-]C.C[CH-]C.[Y].[Y].[Y].[Y]. The molecular weight excluding hydrogens is 1940 g/mol. The summed E-state index contributed by atoms with van der Waals surface area (Å²) in [6, 6.07) is 0. The number of carbonyl (C=O) groups excluding carboxylic acids is 8. The topological polar surface area (TPSA) is 256 Å². The maximum absolute atomic E-state index is 12.2. The quantitative estimate of drug-likeness (QED) is 0.165. The van der Waals surface area contributed by atoms with Gasteiger partial charge in [-0.3, -0.25) is 28.8 Å². The van der Waals surface area contributed by atoms with Crippen LogP contribution in [0.25, 0.3) is 21.3 Å². The molecule has 0 aliphatic carbocycles. The molecule has 8 amide bonds. The van der Waals surface area contributed by atoms with Gasteiger partial charge in [0.2, 0.25) is 35.4 Å². The number of carbonyl (C=O) groups is 8. The minimum atomic E-state index is -0.301. The van der Waals surface area contributed by atoms with Gasteiger partial charge in [-0.25, -0.2) is 9.59 Å². The van der Waals surface area contributed by atoms with Gasteiger partial charge in [0.25, 0.3) is 0 Å². The zero-order chi connectivity index (χ0) is 97.3. The summed E-state index contributed by atoms with van der Waals surface area (Å²) < 4.78 is 20.3. The molecular formula is C102H200N12O12Y4-8. The number of methoxy groups -OCH3 is 2. The molecule has 8 rings (SSSR count). The van der Waals surface area contributed by atoms with Crippen LogP contribution in [-0.2, 0) is 179 Å². The maximum atomic E-state index is 12.2. The Morgan fingerprint density at radius 2 is 0.462 bits per heavy atom. The van der Waals surface area contributed by atoms with Gasteiger partial charge in [0, 0.05) is 299 Å². The fraction of sp³-hybridized carbons (Fsp3) is 0.882. The monoisotopic (exact) mass is 2140 g/mol. The fourth-order valence-corrected chi connectivity index (χ4v) is 14.5. The molecule has 0 spiro atoms. The van der Waals surface area contributed by atoms with Crippen LogP contribution in [0.15, 0.2) is 0 Å². The van der Waals surface area contributed by atoms with Crippen molar-refractivity contribution in [3.63, 3.8) is 0 Å². The second-order valence-corrected chi connectivity index (χ2v) is 39.5. The zero-order valence-electron chi connectivity index (χ0n) is 90.5. The molecule has 8 saturated heterocycles. The number of nitrogens with zero attached hydrogens (tertiary/aromatic N) is 12. The van der Waals surface area contributed by atoms with Crippen molar-refractivity contribution < 1.29 is 188 Å². The van der Waals surface area contributed by atoms with Crippen molar-refractivity contribution in [1.82, 2.24) is 39.2 Å². The first-order chi connectivity index (χ1) is 59.2. The summed E-state index contributed by atoms with van der Waals surface area (Å²) in [7, 11) is 2.79. The van der Waals surface area contributed by atoms with Crippen LogP contribution < -0.4 is 0 Å². The van der Waals surface area contributed by atoms with Crippen LogP contribution in [-0.4, -0.2) is 285 Å². The van der Waals surface area contributed by atoms with Crippen molar-refractivity contribution in [2.75, 3.05) is 198 Å². The molecule has 0 saturated carbocycles. The first-order valence-corrected chi connectivity index (χ1v) is 49.2. The summed E-state index contributed by atoms with van der Waals surface area (Å²) in [5.41, 5.74) is 0. The molecule has 28 heteroatoms. The summed E-state index contributed by atoms with van der Waals surface area (Å²) in [6.07, 6.45) is 15.6. The minimum absolute atomic E-state index is 0. The van der Waals surface area contributed by atoms with E-state index in [1.54, 1.807) is 23.6 Å². The second-order valence-electron chi connectivity index (χ2n) is 39.5. The molecule has 8 aliphatic rings. The molecule has 0 aromatic heterocycles. The standard InChI is InChI=1S/2C14H26N2O3.2C14H26N2O2.2C9H18N.2C8H16NO.4C3H7.4Y/c2*1-10(2)12-8-15(13(17)11(3)4)6-7-16(9-12)14(18)19-5;2*1-10(2)13-8-15(12(5)17)6-7-16(9-13)14(18)11(3)4;2*1-8(2)9-5-3-4-6-10-7-9;2*1-7(2)8-5-9-3-4-10-6-8;4*1-3-2;;;;/h2*10-12H,6-9H2,1-5H3;2*10-11,13H,6-9H2,1-5H3;2*8-9H,3-7H2,1-2H3;2*7-8H,3-6H2,1-2H3;4*3H,1-2H3;;;;/q;;;;8*-1;;;;/t2*12-;2*13-;2*9-;2*8-;;;;;;;;/m10101010......../s1. The predicted molar refractivity (Wildman–Crippen MR) is 529 cm³/mol. The summed E-state index contributed by atoms with van der Waals surface area (Å²) >= 11 is 0. The number of hydrogen-bond acceptors (Lipinski definition) is 12. The molecule has 8 aliphatic heterocycles. The van der Waals surface area contributed by atoms with Gasteiger partial charge in [0.05, 0.1) is 14.2 Å². The third kappa shape index (κ3) is 69.4. The van der Waals surface area contributed by atoms with E-state index in [0.717, 1.165) is 142 Å². The molecule has 8 fully saturated rings. The molecule has 0 aromatic carbocycles. The number of amides is 8. The van der Waals surface area contributed by atoms with E-state index in [1.165, 1.54) is 52.7 Å². The Bertz CT molecular complexity index is 2480. The predicted octanol–water partition coefficient (Wildman–Crippen LogP) is 20.7. The van der Waals surface area contributed by atoms with E-state index < -0.39 is 0 Å². The Hall–Kier alpha value is -0.464. The zero-order valence-corrected chi connectivity index (χ0v) is 102. The van der Waals surface area contributed by atoms with Crippen molar-refractivity contribution in [2.24, 2.45) is 118 Å². The number of rotatable bonds is 12. The van der Waals surface area contributed by atoms with Crippen LogP contribution in [0.1, 0.15) is 274 Å². The van der Waals surface area contributed by atoms with Crippen LogP contribution in [0, 0.1) is 144 Å². The van der Waals surface area contributed by atoms with Gasteiger partial charge in [0.15, 0.2) is 0 Å². The summed E-state index contributed by atoms with van der Waals surface area (Å²) in [5.74, 6) is 10.3. The van der Waals surface area contributed by atoms with Gasteiger partial charge in [-0.15, -0.1) is 52.4 Å². The third-order valence-electron chi connectivity index (χ3n) is 23.9. The van der Waals surface area contributed by atoms with Crippen LogP contribution in [0.5, 0.6) is 0 Å². The Morgan fingerprint density at radius 1 is 0.277 bits per heavy atom. The van der Waals surface area contributed by atoms with E-state index in [4.69, 9.17) is 18.9 Å². The van der Waals surface area contributed by atoms with Crippen molar-refractivity contribution in [3.8, 4) is 0 Å². The summed E-state index contributed by atoms with van der Waals surface area (Å²) in [4.78, 5) is 110. The molecule has 0 unspecified atom stereocenters. The van der Waals surface area contributed by atoms with Gasteiger partial charge in [-0.05, 0) is 82.9 Å². The van der Waals surface area contributed by atoms with E-state index in [0.29, 0.717) is 136 Å². The first-order valence-electron chi connectivity index (χ1n) is 49.2. The summed E-state index contributed by atoms with van der Waals surface area (Å²) in [5, 5.41) is 17.6. The van der Waals surface area contributed by atoms with E-state index in [9.17, 15) is 38.4 Å². The second kappa shape index (κ2) is 88.7. The van der Waals surface area contributed by atoms with Crippen molar-refractivity contribution in [2.45, 2.75) is 274 Å². The number of hydrogen-bond donors (Lipinski definition) is 0.